The number of aromatic nitrogens is 2. The number of furan rings is 1. The number of nitrogens with one attached hydrogen (secondary N) is 1. The van der Waals surface area contributed by atoms with Crippen molar-refractivity contribution in [2.24, 2.45) is 7.05 Å². The lowest BCUT2D eigenvalue weighted by atomic mass is 10.3. The Morgan fingerprint density at radius 1 is 1.52 bits per heavy atom. The molecule has 2 rings (SSSR count). The molecule has 0 aliphatic carbocycles. The third kappa shape index (κ3) is 3.24. The Bertz CT molecular complexity index is 911. The summed E-state index contributed by atoms with van der Waals surface area (Å²) in [4.78, 5) is 36.1. The number of anilines is 2. The zero-order valence-corrected chi connectivity index (χ0v) is 12.3. The van der Waals surface area contributed by atoms with Crippen molar-refractivity contribution in [2.75, 3.05) is 11.1 Å². The van der Waals surface area contributed by atoms with Gasteiger partial charge in [0.25, 0.3) is 5.56 Å². The molecule has 1 amide bonds. The molecule has 118 valence electrons. The van der Waals surface area contributed by atoms with E-state index in [0.717, 1.165) is 9.13 Å². The molecule has 0 fully saturated rings. The zero-order chi connectivity index (χ0) is 17.0. The first kappa shape index (κ1) is 15.9. The molecular formula is C15H14N4O4. The maximum atomic E-state index is 12.2. The second kappa shape index (κ2) is 6.53. The minimum Gasteiger partial charge on any atom is -0.465 e. The Labute approximate surface area is 130 Å². The number of nitrogen functional groups attached to an aromatic ring is 1. The summed E-state index contributed by atoms with van der Waals surface area (Å²) in [5.74, 6) is 1.92. The van der Waals surface area contributed by atoms with E-state index in [2.05, 4.69) is 11.2 Å². The summed E-state index contributed by atoms with van der Waals surface area (Å²) in [5.41, 5.74) is 4.10. The summed E-state index contributed by atoms with van der Waals surface area (Å²) in [6.07, 6.45) is 9.20. The maximum absolute atomic E-state index is 12.2. The van der Waals surface area contributed by atoms with Crippen LogP contribution >= 0.6 is 0 Å². The maximum Gasteiger partial charge on any atom is 0.333 e. The molecule has 8 nitrogen and oxygen atoms in total. The third-order valence-electron chi connectivity index (χ3n) is 3.03. The number of nitrogens with two attached hydrogens (primary N) is 1. The van der Waals surface area contributed by atoms with E-state index in [9.17, 15) is 14.4 Å². The summed E-state index contributed by atoms with van der Waals surface area (Å²) < 4.78 is 6.88. The van der Waals surface area contributed by atoms with Gasteiger partial charge in [0.15, 0.2) is 0 Å². The minimum atomic E-state index is -0.761. The highest BCUT2D eigenvalue weighted by molar-refractivity contribution is 6.02. The molecule has 0 aromatic carbocycles. The van der Waals surface area contributed by atoms with Gasteiger partial charge in [0, 0.05) is 13.1 Å². The number of terminal acetylenes is 1. The molecule has 0 aliphatic rings. The van der Waals surface area contributed by atoms with Gasteiger partial charge >= 0.3 is 5.69 Å². The molecular weight excluding hydrogens is 300 g/mol. The lowest BCUT2D eigenvalue weighted by Gasteiger charge is -2.12. The molecule has 0 atom stereocenters. The highest BCUT2D eigenvalue weighted by Gasteiger charge is 2.16. The number of hydrogen-bond acceptors (Lipinski definition) is 5. The number of nitrogens with zero attached hydrogens (tertiary/aromatic N) is 2. The van der Waals surface area contributed by atoms with E-state index in [1.807, 2.05) is 0 Å². The van der Waals surface area contributed by atoms with E-state index in [0.29, 0.717) is 5.76 Å². The van der Waals surface area contributed by atoms with Crippen LogP contribution in [-0.4, -0.2) is 15.0 Å². The van der Waals surface area contributed by atoms with Crippen molar-refractivity contribution >= 4 is 23.5 Å². The molecule has 8 heteroatoms. The standard InChI is InChI=1S/C15H14N4O4/c1-3-8-19-14(21)12(13(16)18(2)15(19)22)17-11(20)7-6-10-5-4-9-23-10/h1,4-7,9H,8,16H2,2H3,(H,17,20)/b7-6+. The molecule has 2 aromatic rings. The Kier molecular flexibility index (Phi) is 4.52. The topological polar surface area (TPSA) is 112 Å². The highest BCUT2D eigenvalue weighted by atomic mass is 16.3. The van der Waals surface area contributed by atoms with E-state index in [4.69, 9.17) is 16.6 Å². The zero-order valence-electron chi connectivity index (χ0n) is 12.3. The molecule has 0 saturated heterocycles. The molecule has 0 saturated carbocycles. The second-order valence-electron chi connectivity index (χ2n) is 4.54. The smallest absolute Gasteiger partial charge is 0.333 e. The Morgan fingerprint density at radius 2 is 2.26 bits per heavy atom. The molecule has 23 heavy (non-hydrogen) atoms. The van der Waals surface area contributed by atoms with Gasteiger partial charge in [-0.05, 0) is 18.2 Å². The van der Waals surface area contributed by atoms with Gasteiger partial charge in [0.2, 0.25) is 5.91 Å². The van der Waals surface area contributed by atoms with Gasteiger partial charge in [0.05, 0.1) is 12.8 Å². The van der Waals surface area contributed by atoms with Crippen LogP contribution in [0.5, 0.6) is 0 Å². The fraction of sp³-hybridized carbons (Fsp3) is 0.133. The van der Waals surface area contributed by atoms with Crippen LogP contribution in [0, 0.1) is 12.3 Å². The van der Waals surface area contributed by atoms with Gasteiger partial charge in [-0.2, -0.15) is 0 Å². The molecule has 3 N–H and O–H groups in total. The van der Waals surface area contributed by atoms with Crippen molar-refractivity contribution in [3.05, 3.63) is 51.1 Å². The van der Waals surface area contributed by atoms with E-state index in [-0.39, 0.29) is 18.1 Å². The van der Waals surface area contributed by atoms with Gasteiger partial charge in [-0.3, -0.25) is 14.2 Å². The first-order valence-electron chi connectivity index (χ1n) is 6.51. The number of carbonyl (C=O) groups is 1. The Hall–Kier alpha value is -3.47. The van der Waals surface area contributed by atoms with Crippen molar-refractivity contribution < 1.29 is 9.21 Å². The van der Waals surface area contributed by atoms with Crippen LogP contribution in [0.2, 0.25) is 0 Å². The van der Waals surface area contributed by atoms with Gasteiger partial charge < -0.3 is 15.5 Å². The lowest BCUT2D eigenvalue weighted by molar-refractivity contribution is -0.111. The lowest BCUT2D eigenvalue weighted by Crippen LogP contribution is -2.41. The number of hydrogen-bond donors (Lipinski definition) is 2. The van der Waals surface area contributed by atoms with E-state index in [1.54, 1.807) is 12.1 Å². The fourth-order valence-corrected chi connectivity index (χ4v) is 1.84. The highest BCUT2D eigenvalue weighted by Crippen LogP contribution is 2.10. The van der Waals surface area contributed by atoms with Gasteiger partial charge in [-0.25, -0.2) is 9.36 Å². The van der Waals surface area contributed by atoms with Gasteiger partial charge in [0.1, 0.15) is 17.3 Å². The van der Waals surface area contributed by atoms with E-state index >= 15 is 0 Å². The van der Waals surface area contributed by atoms with Crippen LogP contribution in [0.15, 0.2) is 38.5 Å². The van der Waals surface area contributed by atoms with Crippen molar-refractivity contribution in [1.82, 2.24) is 9.13 Å². The van der Waals surface area contributed by atoms with Gasteiger partial charge in [-0.1, -0.05) is 5.92 Å². The Morgan fingerprint density at radius 3 is 2.87 bits per heavy atom. The summed E-state index contributed by atoms with van der Waals surface area (Å²) in [6, 6.07) is 3.32. The van der Waals surface area contributed by atoms with Crippen LogP contribution < -0.4 is 22.3 Å². The second-order valence-corrected chi connectivity index (χ2v) is 4.54. The first-order valence-corrected chi connectivity index (χ1v) is 6.51. The summed E-state index contributed by atoms with van der Waals surface area (Å²) in [5, 5.41) is 2.35. The molecule has 0 radical (unpaired) electrons. The van der Waals surface area contributed by atoms with Crippen molar-refractivity contribution in [1.29, 1.82) is 0 Å². The van der Waals surface area contributed by atoms with Crippen LogP contribution in [0.1, 0.15) is 5.76 Å². The largest absolute Gasteiger partial charge is 0.465 e. The monoisotopic (exact) mass is 314 g/mol. The number of carbonyl (C=O) groups excluding carboxylic acids is 1. The molecule has 0 bridgehead atoms. The van der Waals surface area contributed by atoms with Crippen LogP contribution in [0.25, 0.3) is 6.08 Å². The van der Waals surface area contributed by atoms with Crippen LogP contribution in [0.4, 0.5) is 11.5 Å². The van der Waals surface area contributed by atoms with Crippen LogP contribution in [-0.2, 0) is 18.4 Å². The summed E-state index contributed by atoms with van der Waals surface area (Å²) >= 11 is 0. The number of amides is 1. The summed E-state index contributed by atoms with van der Waals surface area (Å²) in [6.45, 7) is -0.225. The van der Waals surface area contributed by atoms with Gasteiger partial charge in [-0.15, -0.1) is 6.42 Å². The average molecular weight is 314 g/mol. The molecule has 2 heterocycles. The summed E-state index contributed by atoms with van der Waals surface area (Å²) in [7, 11) is 1.37. The normalized spacial score (nSPS) is 10.6. The van der Waals surface area contributed by atoms with Crippen molar-refractivity contribution in [3.8, 4) is 12.3 Å². The number of rotatable bonds is 4. The molecule has 2 aromatic heterocycles. The van der Waals surface area contributed by atoms with Crippen LogP contribution in [0.3, 0.4) is 0 Å². The fourth-order valence-electron chi connectivity index (χ4n) is 1.84. The average Bonchev–Trinajstić information content (AvgIpc) is 3.05. The first-order chi connectivity index (χ1) is 11.0. The van der Waals surface area contributed by atoms with Crippen molar-refractivity contribution in [2.45, 2.75) is 6.54 Å². The third-order valence-corrected chi connectivity index (χ3v) is 3.03. The predicted octanol–water partition coefficient (Wildman–Crippen LogP) is 0.00730. The minimum absolute atomic E-state index is 0.159. The van der Waals surface area contributed by atoms with Crippen molar-refractivity contribution in [3.63, 3.8) is 0 Å². The quantitative estimate of drug-likeness (QED) is 0.609. The SMILES string of the molecule is C#CCn1c(=O)c(NC(=O)/C=C/c2ccco2)c(N)n(C)c1=O. The van der Waals surface area contributed by atoms with E-state index in [1.165, 1.54) is 25.5 Å². The predicted molar refractivity (Wildman–Crippen MR) is 85.6 cm³/mol. The van der Waals surface area contributed by atoms with E-state index < -0.39 is 17.2 Å². The molecule has 0 spiro atoms. The Balaban J connectivity index is 2.36. The molecule has 0 unspecified atom stereocenters. The molecule has 0 aliphatic heterocycles.